The number of benzene rings is 10. The Kier molecular flexibility index (Phi) is 8.83. The van der Waals surface area contributed by atoms with Crippen LogP contribution < -0.4 is 4.90 Å². The molecule has 0 aliphatic rings. The predicted octanol–water partition coefficient (Wildman–Crippen LogP) is 16.4. The van der Waals surface area contributed by atoms with Gasteiger partial charge in [0.25, 0.3) is 0 Å². The minimum atomic E-state index is 0.874. The second-order valence-corrected chi connectivity index (χ2v) is 16.2. The zero-order valence-electron chi connectivity index (χ0n) is 34.4. The molecule has 0 unspecified atom stereocenters. The van der Waals surface area contributed by atoms with Crippen molar-refractivity contribution in [3.63, 3.8) is 0 Å². The van der Waals surface area contributed by atoms with Crippen molar-refractivity contribution in [2.45, 2.75) is 0 Å². The quantitative estimate of drug-likeness (QED) is 0.150. The molecule has 10 aromatic carbocycles. The molecule has 0 aliphatic carbocycles. The van der Waals surface area contributed by atoms with E-state index >= 15 is 0 Å². The summed E-state index contributed by atoms with van der Waals surface area (Å²) in [7, 11) is 0. The van der Waals surface area contributed by atoms with Crippen molar-refractivity contribution in [2.75, 3.05) is 4.90 Å². The summed E-state index contributed by atoms with van der Waals surface area (Å²) in [5.74, 6) is 0. The Balaban J connectivity index is 0.921. The molecular formula is C60H39N3. The fourth-order valence-corrected chi connectivity index (χ4v) is 9.27. The third kappa shape index (κ3) is 6.64. The van der Waals surface area contributed by atoms with Crippen LogP contribution in [-0.2, 0) is 0 Å². The van der Waals surface area contributed by atoms with Gasteiger partial charge in [-0.1, -0.05) is 164 Å². The summed E-state index contributed by atoms with van der Waals surface area (Å²) in [6.45, 7) is 0. The van der Waals surface area contributed by atoms with Gasteiger partial charge in [-0.3, -0.25) is 4.98 Å². The fourth-order valence-electron chi connectivity index (χ4n) is 9.27. The first kappa shape index (κ1) is 36.5. The summed E-state index contributed by atoms with van der Waals surface area (Å²) in [6.07, 6.45) is 1.84. The Bertz CT molecular complexity index is 3490. The van der Waals surface area contributed by atoms with Gasteiger partial charge in [0.1, 0.15) is 0 Å². The lowest BCUT2D eigenvalue weighted by Gasteiger charge is -2.26. The van der Waals surface area contributed by atoms with E-state index in [0.29, 0.717) is 0 Å². The third-order valence-electron chi connectivity index (χ3n) is 12.5. The van der Waals surface area contributed by atoms with Crippen molar-refractivity contribution < 1.29 is 0 Å². The third-order valence-corrected chi connectivity index (χ3v) is 12.5. The van der Waals surface area contributed by atoms with Gasteiger partial charge >= 0.3 is 0 Å². The van der Waals surface area contributed by atoms with E-state index in [0.717, 1.165) is 50.5 Å². The van der Waals surface area contributed by atoms with Gasteiger partial charge in [0.05, 0.1) is 16.7 Å². The van der Waals surface area contributed by atoms with E-state index in [1.165, 1.54) is 65.3 Å². The molecule has 0 bridgehead atoms. The number of fused-ring (bicyclic) bond motifs is 7. The second kappa shape index (κ2) is 15.3. The van der Waals surface area contributed by atoms with Crippen molar-refractivity contribution in [1.82, 2.24) is 9.97 Å². The van der Waals surface area contributed by atoms with Crippen LogP contribution in [-0.4, -0.2) is 9.97 Å². The number of hydrogen-bond acceptors (Lipinski definition) is 3. The first-order valence-corrected chi connectivity index (χ1v) is 21.5. The Morgan fingerprint density at radius 3 is 1.32 bits per heavy atom. The first-order chi connectivity index (χ1) is 31.2. The SMILES string of the molecule is c1ccc(-c2cc(-c3ccc(N(c4ccc(-c5ccc6c(ccc7ccccc76)c5)cc4)c4ccc(-c5ccc6c(ccc7ccccc76)c5)cc4)cc3)nc3cccnc23)cc1. The van der Waals surface area contributed by atoms with Crippen LogP contribution >= 0.6 is 0 Å². The largest absolute Gasteiger partial charge is 0.311 e. The molecule has 3 nitrogen and oxygen atoms in total. The summed E-state index contributed by atoms with van der Waals surface area (Å²) in [5, 5.41) is 10.1. The summed E-state index contributed by atoms with van der Waals surface area (Å²) in [4.78, 5) is 12.2. The van der Waals surface area contributed by atoms with Crippen LogP contribution in [0.1, 0.15) is 0 Å². The van der Waals surface area contributed by atoms with Gasteiger partial charge in [-0.25, -0.2) is 4.98 Å². The van der Waals surface area contributed by atoms with Gasteiger partial charge in [0, 0.05) is 34.4 Å². The van der Waals surface area contributed by atoms with E-state index in [9.17, 15) is 0 Å². The molecule has 12 aromatic rings. The van der Waals surface area contributed by atoms with Gasteiger partial charge < -0.3 is 4.90 Å². The highest BCUT2D eigenvalue weighted by Gasteiger charge is 2.16. The number of pyridine rings is 2. The van der Waals surface area contributed by atoms with Crippen molar-refractivity contribution in [1.29, 1.82) is 0 Å². The molecule has 294 valence electrons. The molecule has 0 saturated heterocycles. The van der Waals surface area contributed by atoms with Crippen molar-refractivity contribution in [2.24, 2.45) is 0 Å². The Labute approximate surface area is 365 Å². The van der Waals surface area contributed by atoms with Crippen LogP contribution in [0.3, 0.4) is 0 Å². The molecule has 12 rings (SSSR count). The molecule has 0 amide bonds. The number of rotatable bonds is 7. The van der Waals surface area contributed by atoms with Gasteiger partial charge in [-0.15, -0.1) is 0 Å². The van der Waals surface area contributed by atoms with Gasteiger partial charge in [0.15, 0.2) is 0 Å². The molecule has 2 aromatic heterocycles. The van der Waals surface area contributed by atoms with Gasteiger partial charge in [0.2, 0.25) is 0 Å². The molecule has 0 aliphatic heterocycles. The Morgan fingerprint density at radius 2 is 0.762 bits per heavy atom. The zero-order valence-corrected chi connectivity index (χ0v) is 34.4. The maximum atomic E-state index is 5.09. The van der Waals surface area contributed by atoms with E-state index in [-0.39, 0.29) is 0 Å². The standard InChI is InChI=1S/C60H39N3/c1-2-9-42(10-3-1)57-39-59(62-58-15-8-36-61-60(57)58)45-24-32-52(33-25-45)63(50-28-20-40(21-29-50)46-26-34-55-48(37-46)18-16-43-11-4-6-13-53(43)55)51-30-22-41(23-31-51)47-27-35-56-49(38-47)19-17-44-12-5-7-14-54(44)56/h1-39H. The van der Waals surface area contributed by atoms with Gasteiger partial charge in [-0.2, -0.15) is 0 Å². The Morgan fingerprint density at radius 1 is 0.302 bits per heavy atom. The van der Waals surface area contributed by atoms with Crippen molar-refractivity contribution >= 4 is 71.2 Å². The van der Waals surface area contributed by atoms with Crippen LogP contribution in [0.4, 0.5) is 17.1 Å². The van der Waals surface area contributed by atoms with Crippen LogP contribution in [0.2, 0.25) is 0 Å². The van der Waals surface area contributed by atoms with E-state index < -0.39 is 0 Å². The molecule has 0 atom stereocenters. The molecule has 0 N–H and O–H groups in total. The molecule has 63 heavy (non-hydrogen) atoms. The average Bonchev–Trinajstić information content (AvgIpc) is 3.36. The maximum absolute atomic E-state index is 5.09. The molecule has 0 saturated carbocycles. The lowest BCUT2D eigenvalue weighted by molar-refractivity contribution is 1.28. The van der Waals surface area contributed by atoms with E-state index in [2.05, 4.69) is 217 Å². The summed E-state index contributed by atoms with van der Waals surface area (Å²) in [5.41, 5.74) is 13.9. The van der Waals surface area contributed by atoms with E-state index in [4.69, 9.17) is 9.97 Å². The summed E-state index contributed by atoms with van der Waals surface area (Å²) < 4.78 is 0. The smallest absolute Gasteiger partial charge is 0.0965 e. The van der Waals surface area contributed by atoms with Crippen LogP contribution in [0.25, 0.3) is 98.8 Å². The lowest BCUT2D eigenvalue weighted by Crippen LogP contribution is -2.09. The average molecular weight is 802 g/mol. The number of aromatic nitrogens is 2. The minimum absolute atomic E-state index is 0.874. The summed E-state index contributed by atoms with van der Waals surface area (Å²) in [6, 6.07) is 83.0. The van der Waals surface area contributed by atoms with Crippen molar-refractivity contribution in [3.8, 4) is 44.6 Å². The second-order valence-electron chi connectivity index (χ2n) is 16.2. The van der Waals surface area contributed by atoms with E-state index in [1.807, 2.05) is 24.4 Å². The molecule has 0 radical (unpaired) electrons. The highest BCUT2D eigenvalue weighted by atomic mass is 15.1. The van der Waals surface area contributed by atoms with Crippen LogP contribution in [0.15, 0.2) is 237 Å². The molecule has 3 heteroatoms. The number of anilines is 3. The first-order valence-electron chi connectivity index (χ1n) is 21.5. The van der Waals surface area contributed by atoms with Gasteiger partial charge in [-0.05, 0) is 138 Å². The molecule has 0 fully saturated rings. The highest BCUT2D eigenvalue weighted by Crippen LogP contribution is 2.40. The number of hydrogen-bond donors (Lipinski definition) is 0. The molecule has 0 spiro atoms. The lowest BCUT2D eigenvalue weighted by atomic mass is 9.97. The maximum Gasteiger partial charge on any atom is 0.0965 e. The summed E-state index contributed by atoms with van der Waals surface area (Å²) >= 11 is 0. The highest BCUT2D eigenvalue weighted by molar-refractivity contribution is 6.09. The normalized spacial score (nSPS) is 11.5. The van der Waals surface area contributed by atoms with Crippen molar-refractivity contribution in [3.05, 3.63) is 237 Å². The van der Waals surface area contributed by atoms with E-state index in [1.54, 1.807) is 0 Å². The van der Waals surface area contributed by atoms with Crippen LogP contribution in [0, 0.1) is 0 Å². The predicted molar refractivity (Wildman–Crippen MR) is 266 cm³/mol. The topological polar surface area (TPSA) is 29.0 Å². The minimum Gasteiger partial charge on any atom is -0.311 e. The monoisotopic (exact) mass is 801 g/mol. The molecule has 2 heterocycles. The van der Waals surface area contributed by atoms with Crippen LogP contribution in [0.5, 0.6) is 0 Å². The Hall–Kier alpha value is -8.40. The number of nitrogens with zero attached hydrogens (tertiary/aromatic N) is 3. The zero-order chi connectivity index (χ0) is 41.7. The fraction of sp³-hybridized carbons (Fsp3) is 0. The molecular weight excluding hydrogens is 763 g/mol.